The molecule has 1 rings (SSSR count). The summed E-state index contributed by atoms with van der Waals surface area (Å²) in [5, 5.41) is 3.16. The lowest BCUT2D eigenvalue weighted by Crippen LogP contribution is -2.30. The molecule has 0 saturated heterocycles. The SMILES string of the molecule is CCC(CS(=O)c1ccc(Br)cc1)NC. The standard InChI is InChI=1S/C11H16BrNOS/c1-3-10(13-2)8-15(14)11-6-4-9(12)5-7-11/h4-7,10,13H,3,8H2,1-2H3. The summed E-state index contributed by atoms with van der Waals surface area (Å²) in [7, 11) is 1.00. The molecule has 1 aromatic carbocycles. The van der Waals surface area contributed by atoms with Gasteiger partial charge in [-0.05, 0) is 37.7 Å². The summed E-state index contributed by atoms with van der Waals surface area (Å²) in [6.45, 7) is 2.10. The van der Waals surface area contributed by atoms with Gasteiger partial charge < -0.3 is 5.32 Å². The Hall–Kier alpha value is -0.190. The van der Waals surface area contributed by atoms with Gasteiger partial charge in [-0.2, -0.15) is 0 Å². The van der Waals surface area contributed by atoms with E-state index in [2.05, 4.69) is 28.2 Å². The van der Waals surface area contributed by atoms with Crippen molar-refractivity contribution in [3.05, 3.63) is 28.7 Å². The lowest BCUT2D eigenvalue weighted by Gasteiger charge is -2.12. The third kappa shape index (κ3) is 4.05. The minimum atomic E-state index is -0.905. The van der Waals surface area contributed by atoms with Crippen LogP contribution in [0.5, 0.6) is 0 Å². The molecule has 2 unspecified atom stereocenters. The summed E-state index contributed by atoms with van der Waals surface area (Å²) in [5.41, 5.74) is 0. The first-order valence-corrected chi connectivity index (χ1v) is 7.09. The zero-order chi connectivity index (χ0) is 11.3. The molecule has 0 bridgehead atoms. The lowest BCUT2D eigenvalue weighted by atomic mass is 10.3. The van der Waals surface area contributed by atoms with Crippen molar-refractivity contribution in [1.29, 1.82) is 0 Å². The molecule has 2 atom stereocenters. The zero-order valence-corrected chi connectivity index (χ0v) is 11.4. The maximum absolute atomic E-state index is 11.9. The molecular formula is C11H16BrNOS. The molecule has 0 aliphatic carbocycles. The van der Waals surface area contributed by atoms with Gasteiger partial charge >= 0.3 is 0 Å². The lowest BCUT2D eigenvalue weighted by molar-refractivity contribution is 0.590. The fraction of sp³-hybridized carbons (Fsp3) is 0.455. The average molecular weight is 290 g/mol. The Morgan fingerprint density at radius 3 is 2.47 bits per heavy atom. The maximum Gasteiger partial charge on any atom is 0.0545 e. The number of benzene rings is 1. The van der Waals surface area contributed by atoms with Gasteiger partial charge in [-0.15, -0.1) is 0 Å². The van der Waals surface area contributed by atoms with Crippen molar-refractivity contribution in [3.8, 4) is 0 Å². The zero-order valence-electron chi connectivity index (χ0n) is 9.00. The molecular weight excluding hydrogens is 274 g/mol. The summed E-state index contributed by atoms with van der Waals surface area (Å²) in [5.74, 6) is 0.675. The van der Waals surface area contributed by atoms with E-state index in [0.717, 1.165) is 15.8 Å². The Labute approximate surface area is 102 Å². The summed E-state index contributed by atoms with van der Waals surface area (Å²) in [6, 6.07) is 7.99. The normalized spacial score (nSPS) is 14.9. The Morgan fingerprint density at radius 1 is 1.40 bits per heavy atom. The molecule has 15 heavy (non-hydrogen) atoms. The van der Waals surface area contributed by atoms with Gasteiger partial charge in [0.2, 0.25) is 0 Å². The topological polar surface area (TPSA) is 29.1 Å². The predicted molar refractivity (Wildman–Crippen MR) is 68.6 cm³/mol. The highest BCUT2D eigenvalue weighted by Gasteiger charge is 2.10. The van der Waals surface area contributed by atoms with Crippen LogP contribution < -0.4 is 5.32 Å². The van der Waals surface area contributed by atoms with Crippen molar-refractivity contribution < 1.29 is 4.21 Å². The highest BCUT2D eigenvalue weighted by atomic mass is 79.9. The van der Waals surface area contributed by atoms with Crippen LogP contribution in [0.1, 0.15) is 13.3 Å². The summed E-state index contributed by atoms with van der Waals surface area (Å²) < 4.78 is 13.0. The Bertz CT molecular complexity index is 322. The second kappa shape index (κ2) is 6.40. The molecule has 0 radical (unpaired) electrons. The van der Waals surface area contributed by atoms with Crippen LogP contribution in [0.3, 0.4) is 0 Å². The third-order valence-electron chi connectivity index (χ3n) is 2.33. The van der Waals surface area contributed by atoms with Gasteiger partial charge in [0.25, 0.3) is 0 Å². The van der Waals surface area contributed by atoms with Crippen LogP contribution >= 0.6 is 15.9 Å². The highest BCUT2D eigenvalue weighted by Crippen LogP contribution is 2.14. The van der Waals surface area contributed by atoms with E-state index < -0.39 is 10.8 Å². The van der Waals surface area contributed by atoms with Gasteiger partial charge in [0, 0.05) is 21.2 Å². The number of rotatable bonds is 5. The first-order chi connectivity index (χ1) is 7.17. The average Bonchev–Trinajstić information content (AvgIpc) is 2.26. The van der Waals surface area contributed by atoms with Gasteiger partial charge in [-0.3, -0.25) is 4.21 Å². The van der Waals surface area contributed by atoms with Crippen molar-refractivity contribution in [2.45, 2.75) is 24.3 Å². The van der Waals surface area contributed by atoms with E-state index >= 15 is 0 Å². The van der Waals surface area contributed by atoms with E-state index in [0.29, 0.717) is 11.8 Å². The van der Waals surface area contributed by atoms with Gasteiger partial charge in [-0.1, -0.05) is 22.9 Å². The minimum Gasteiger partial charge on any atom is -0.316 e. The van der Waals surface area contributed by atoms with Crippen LogP contribution in [0.15, 0.2) is 33.6 Å². The van der Waals surface area contributed by atoms with Crippen LogP contribution in [-0.4, -0.2) is 23.1 Å². The fourth-order valence-electron chi connectivity index (χ4n) is 1.27. The number of nitrogens with one attached hydrogen (secondary N) is 1. The molecule has 0 amide bonds. The molecule has 2 nitrogen and oxygen atoms in total. The van der Waals surface area contributed by atoms with Gasteiger partial charge in [0.05, 0.1) is 10.8 Å². The Balaban J connectivity index is 2.64. The van der Waals surface area contributed by atoms with Crippen LogP contribution in [-0.2, 0) is 10.8 Å². The van der Waals surface area contributed by atoms with Crippen LogP contribution in [0, 0.1) is 0 Å². The smallest absolute Gasteiger partial charge is 0.0545 e. The van der Waals surface area contributed by atoms with E-state index in [-0.39, 0.29) is 0 Å². The second-order valence-electron chi connectivity index (χ2n) is 3.36. The molecule has 0 saturated carbocycles. The molecule has 0 aromatic heterocycles. The summed E-state index contributed by atoms with van der Waals surface area (Å²) in [6.07, 6.45) is 0.999. The Morgan fingerprint density at radius 2 is 2.00 bits per heavy atom. The molecule has 4 heteroatoms. The van der Waals surface area contributed by atoms with E-state index in [1.807, 2.05) is 31.3 Å². The summed E-state index contributed by atoms with van der Waals surface area (Å²) >= 11 is 3.36. The van der Waals surface area contributed by atoms with Gasteiger partial charge in [0.15, 0.2) is 0 Å². The van der Waals surface area contributed by atoms with Crippen LogP contribution in [0.2, 0.25) is 0 Å². The fourth-order valence-corrected chi connectivity index (χ4v) is 2.93. The van der Waals surface area contributed by atoms with Crippen molar-refractivity contribution in [2.75, 3.05) is 12.8 Å². The van der Waals surface area contributed by atoms with E-state index in [4.69, 9.17) is 0 Å². The molecule has 1 N–H and O–H groups in total. The van der Waals surface area contributed by atoms with Crippen molar-refractivity contribution in [3.63, 3.8) is 0 Å². The van der Waals surface area contributed by atoms with E-state index in [9.17, 15) is 4.21 Å². The first kappa shape index (κ1) is 12.9. The van der Waals surface area contributed by atoms with Gasteiger partial charge in [0.1, 0.15) is 0 Å². The number of hydrogen-bond acceptors (Lipinski definition) is 2. The molecule has 0 aliphatic heterocycles. The second-order valence-corrected chi connectivity index (χ2v) is 5.77. The highest BCUT2D eigenvalue weighted by molar-refractivity contribution is 9.10. The monoisotopic (exact) mass is 289 g/mol. The molecule has 1 aromatic rings. The van der Waals surface area contributed by atoms with Crippen molar-refractivity contribution >= 4 is 26.7 Å². The summed E-state index contributed by atoms with van der Waals surface area (Å²) in [4.78, 5) is 0.895. The number of hydrogen-bond donors (Lipinski definition) is 1. The van der Waals surface area contributed by atoms with Crippen molar-refractivity contribution in [2.24, 2.45) is 0 Å². The van der Waals surface area contributed by atoms with Crippen molar-refractivity contribution in [1.82, 2.24) is 5.32 Å². The molecule has 0 aliphatic rings. The number of halogens is 1. The molecule has 84 valence electrons. The molecule has 0 spiro atoms. The first-order valence-electron chi connectivity index (χ1n) is 4.98. The van der Waals surface area contributed by atoms with Crippen LogP contribution in [0.4, 0.5) is 0 Å². The maximum atomic E-state index is 11.9. The predicted octanol–water partition coefficient (Wildman–Crippen LogP) is 2.55. The van der Waals surface area contributed by atoms with E-state index in [1.54, 1.807) is 0 Å². The minimum absolute atomic E-state index is 0.328. The quantitative estimate of drug-likeness (QED) is 0.903. The Kier molecular flexibility index (Phi) is 5.50. The van der Waals surface area contributed by atoms with E-state index in [1.165, 1.54) is 0 Å². The third-order valence-corrected chi connectivity index (χ3v) is 4.36. The molecule has 0 heterocycles. The largest absolute Gasteiger partial charge is 0.316 e. The van der Waals surface area contributed by atoms with Crippen LogP contribution in [0.25, 0.3) is 0 Å². The van der Waals surface area contributed by atoms with Gasteiger partial charge in [-0.25, -0.2) is 0 Å². The molecule has 0 fully saturated rings.